The van der Waals surface area contributed by atoms with E-state index in [-0.39, 0.29) is 11.4 Å². The molecular weight excluding hydrogens is 371 g/mol. The number of amides is 2. The van der Waals surface area contributed by atoms with Gasteiger partial charge in [-0.1, -0.05) is 23.2 Å². The van der Waals surface area contributed by atoms with E-state index in [9.17, 15) is 20.0 Å². The summed E-state index contributed by atoms with van der Waals surface area (Å²) in [4.78, 5) is 23.6. The molecule has 2 amide bonds. The van der Waals surface area contributed by atoms with E-state index in [1.54, 1.807) is 0 Å². The Balaban J connectivity index is 1.82. The summed E-state index contributed by atoms with van der Waals surface area (Å²) >= 11 is 11.4. The quantitative estimate of drug-likeness (QED) is 0.589. The number of ether oxygens (including phenoxy) is 1. The number of hydrogen-bond acceptors (Lipinski definition) is 5. The number of hydroxylamine groups is 2. The molecule has 0 unspecified atom stereocenters. The maximum absolute atomic E-state index is 11.8. The molecule has 0 aliphatic carbocycles. The van der Waals surface area contributed by atoms with Crippen LogP contribution in [0.4, 0.5) is 11.4 Å². The second-order valence-electron chi connectivity index (χ2n) is 4.86. The molecule has 0 spiro atoms. The first-order chi connectivity index (χ1) is 11.9. The molecule has 0 saturated heterocycles. The van der Waals surface area contributed by atoms with E-state index in [2.05, 4.69) is 0 Å². The molecule has 2 aromatic rings. The molecule has 0 atom stereocenters. The first kappa shape index (κ1) is 19.2. The van der Waals surface area contributed by atoms with E-state index in [1.807, 2.05) is 0 Å². The van der Waals surface area contributed by atoms with Crippen LogP contribution in [0.25, 0.3) is 0 Å². The van der Waals surface area contributed by atoms with Gasteiger partial charge in [-0.2, -0.15) is 10.1 Å². The lowest BCUT2D eigenvalue weighted by Crippen LogP contribution is -2.34. The third kappa shape index (κ3) is 5.42. The summed E-state index contributed by atoms with van der Waals surface area (Å²) in [5, 5.41) is 21.2. The molecule has 0 fully saturated rings. The molecule has 0 heterocycles. The first-order valence-corrected chi connectivity index (χ1v) is 7.76. The fraction of sp³-hybridized carbons (Fsp3) is 0.125. The number of benzene rings is 2. The van der Waals surface area contributed by atoms with Gasteiger partial charge >= 0.3 is 0 Å². The van der Waals surface area contributed by atoms with Crippen LogP contribution in [0, 0.1) is 0 Å². The standard InChI is InChI=1S/C16H14Cl2N2O5/c17-11-1-5-13(6-2-11)19(23)15(21)9-25-10-16(22)20(24)14-7-3-12(18)4-8-14/h1-8,23-24H,9-10H2. The Morgan fingerprint density at radius 2 is 1.08 bits per heavy atom. The number of carbonyl (C=O) groups is 2. The Bertz CT molecular complexity index is 674. The maximum atomic E-state index is 11.8. The van der Waals surface area contributed by atoms with Crippen LogP contribution >= 0.6 is 23.2 Å². The summed E-state index contributed by atoms with van der Waals surface area (Å²) in [5.41, 5.74) is 0.406. The van der Waals surface area contributed by atoms with Gasteiger partial charge in [-0.15, -0.1) is 0 Å². The molecule has 2 rings (SSSR count). The molecule has 132 valence electrons. The normalized spacial score (nSPS) is 10.4. The van der Waals surface area contributed by atoms with Crippen molar-refractivity contribution < 1.29 is 24.7 Å². The van der Waals surface area contributed by atoms with E-state index < -0.39 is 25.0 Å². The van der Waals surface area contributed by atoms with Crippen molar-refractivity contribution in [3.8, 4) is 0 Å². The van der Waals surface area contributed by atoms with Crippen LogP contribution in [0.15, 0.2) is 48.5 Å². The number of rotatable bonds is 6. The molecule has 9 heteroatoms. The second kappa shape index (κ2) is 8.80. The third-order valence-corrected chi connectivity index (χ3v) is 3.57. The fourth-order valence-electron chi connectivity index (χ4n) is 1.80. The highest BCUT2D eigenvalue weighted by Crippen LogP contribution is 2.18. The van der Waals surface area contributed by atoms with Crippen LogP contribution in [0.3, 0.4) is 0 Å². The van der Waals surface area contributed by atoms with Gasteiger partial charge in [0.2, 0.25) is 0 Å². The first-order valence-electron chi connectivity index (χ1n) is 7.01. The summed E-state index contributed by atoms with van der Waals surface area (Å²) in [7, 11) is 0. The highest BCUT2D eigenvalue weighted by atomic mass is 35.5. The van der Waals surface area contributed by atoms with Gasteiger partial charge in [-0.05, 0) is 48.5 Å². The zero-order chi connectivity index (χ0) is 18.4. The Morgan fingerprint density at radius 3 is 1.40 bits per heavy atom. The molecule has 25 heavy (non-hydrogen) atoms. The number of halogens is 2. The Labute approximate surface area is 153 Å². The SMILES string of the molecule is O=C(COCC(=O)N(O)c1ccc(Cl)cc1)N(O)c1ccc(Cl)cc1. The van der Waals surface area contributed by atoms with Crippen molar-refractivity contribution in [3.63, 3.8) is 0 Å². The van der Waals surface area contributed by atoms with Crippen LogP contribution in [0.1, 0.15) is 0 Å². The highest BCUT2D eigenvalue weighted by molar-refractivity contribution is 6.31. The molecule has 2 aromatic carbocycles. The van der Waals surface area contributed by atoms with Gasteiger partial charge in [-0.25, -0.2) is 0 Å². The molecule has 0 radical (unpaired) electrons. The number of nitrogens with zero attached hydrogens (tertiary/aromatic N) is 2. The molecule has 0 aromatic heterocycles. The van der Waals surface area contributed by atoms with Crippen molar-refractivity contribution in [1.29, 1.82) is 0 Å². The van der Waals surface area contributed by atoms with Gasteiger partial charge in [0.15, 0.2) is 0 Å². The smallest absolute Gasteiger partial charge is 0.276 e. The van der Waals surface area contributed by atoms with E-state index >= 15 is 0 Å². The number of hydrogen-bond donors (Lipinski definition) is 2. The van der Waals surface area contributed by atoms with Crippen LogP contribution in [-0.2, 0) is 14.3 Å². The molecule has 0 bridgehead atoms. The lowest BCUT2D eigenvalue weighted by atomic mass is 10.3. The Kier molecular flexibility index (Phi) is 6.74. The lowest BCUT2D eigenvalue weighted by Gasteiger charge is -2.17. The Hall–Kier alpha value is -2.16. The van der Waals surface area contributed by atoms with Gasteiger partial charge in [0, 0.05) is 10.0 Å². The predicted molar refractivity (Wildman–Crippen MR) is 92.3 cm³/mol. The fourth-order valence-corrected chi connectivity index (χ4v) is 2.05. The minimum Gasteiger partial charge on any atom is -0.362 e. The van der Waals surface area contributed by atoms with Gasteiger partial charge in [0.1, 0.15) is 13.2 Å². The minimum atomic E-state index is -0.786. The van der Waals surface area contributed by atoms with Crippen LogP contribution in [-0.4, -0.2) is 35.4 Å². The van der Waals surface area contributed by atoms with Gasteiger partial charge in [0.05, 0.1) is 11.4 Å². The van der Waals surface area contributed by atoms with Crippen molar-refractivity contribution >= 4 is 46.4 Å². The molecular formula is C16H14Cl2N2O5. The predicted octanol–water partition coefficient (Wildman–Crippen LogP) is 3.15. The van der Waals surface area contributed by atoms with E-state index in [0.717, 1.165) is 0 Å². The van der Waals surface area contributed by atoms with Crippen LogP contribution in [0.5, 0.6) is 0 Å². The van der Waals surface area contributed by atoms with E-state index in [1.165, 1.54) is 48.5 Å². The molecule has 0 aliphatic rings. The van der Waals surface area contributed by atoms with E-state index in [4.69, 9.17) is 27.9 Å². The van der Waals surface area contributed by atoms with E-state index in [0.29, 0.717) is 20.2 Å². The number of anilines is 2. The largest absolute Gasteiger partial charge is 0.362 e. The van der Waals surface area contributed by atoms with Crippen molar-refractivity contribution in [1.82, 2.24) is 0 Å². The van der Waals surface area contributed by atoms with Crippen molar-refractivity contribution in [2.75, 3.05) is 23.3 Å². The average Bonchev–Trinajstić information content (AvgIpc) is 2.61. The topological polar surface area (TPSA) is 90.3 Å². The Morgan fingerprint density at radius 1 is 0.760 bits per heavy atom. The molecule has 2 N–H and O–H groups in total. The summed E-state index contributed by atoms with van der Waals surface area (Å²) in [6, 6.07) is 11.8. The van der Waals surface area contributed by atoms with Crippen molar-refractivity contribution in [3.05, 3.63) is 58.6 Å². The lowest BCUT2D eigenvalue weighted by molar-refractivity contribution is -0.133. The van der Waals surface area contributed by atoms with Gasteiger partial charge in [0.25, 0.3) is 11.8 Å². The third-order valence-electron chi connectivity index (χ3n) is 3.07. The van der Waals surface area contributed by atoms with Gasteiger partial charge in [-0.3, -0.25) is 20.0 Å². The monoisotopic (exact) mass is 384 g/mol. The number of carbonyl (C=O) groups excluding carboxylic acids is 2. The van der Waals surface area contributed by atoms with Crippen molar-refractivity contribution in [2.24, 2.45) is 0 Å². The highest BCUT2D eigenvalue weighted by Gasteiger charge is 2.17. The van der Waals surface area contributed by atoms with Crippen LogP contribution < -0.4 is 10.1 Å². The summed E-state index contributed by atoms with van der Waals surface area (Å²) in [6.07, 6.45) is 0. The molecule has 7 nitrogen and oxygen atoms in total. The summed E-state index contributed by atoms with van der Waals surface area (Å²) < 4.78 is 4.94. The van der Waals surface area contributed by atoms with Crippen LogP contribution in [0.2, 0.25) is 10.0 Å². The average molecular weight is 385 g/mol. The second-order valence-corrected chi connectivity index (χ2v) is 5.73. The molecule has 0 aliphatic heterocycles. The summed E-state index contributed by atoms with van der Waals surface area (Å²) in [6.45, 7) is -1.11. The maximum Gasteiger partial charge on any atom is 0.276 e. The zero-order valence-electron chi connectivity index (χ0n) is 12.8. The summed E-state index contributed by atoms with van der Waals surface area (Å²) in [5.74, 6) is -1.57. The van der Waals surface area contributed by atoms with Crippen molar-refractivity contribution in [2.45, 2.75) is 0 Å². The molecule has 0 saturated carbocycles. The van der Waals surface area contributed by atoms with Gasteiger partial charge < -0.3 is 4.74 Å². The minimum absolute atomic E-state index is 0.203. The zero-order valence-corrected chi connectivity index (χ0v) is 14.3.